The Bertz CT molecular complexity index is 775. The van der Waals surface area contributed by atoms with Gasteiger partial charge in [-0.25, -0.2) is 18.4 Å². The van der Waals surface area contributed by atoms with E-state index in [2.05, 4.69) is 26.8 Å². The van der Waals surface area contributed by atoms with Gasteiger partial charge in [-0.1, -0.05) is 0 Å². The molecule has 3 rings (SSSR count). The Morgan fingerprint density at radius 3 is 2.54 bits per heavy atom. The summed E-state index contributed by atoms with van der Waals surface area (Å²) in [5.74, 6) is 1.30. The molecule has 8 nitrogen and oxygen atoms in total. The summed E-state index contributed by atoms with van der Waals surface area (Å²) in [5, 5.41) is 0. The molecular formula is C17H27N5O3S. The van der Waals surface area contributed by atoms with Crippen molar-refractivity contribution in [1.82, 2.24) is 19.8 Å². The highest BCUT2D eigenvalue weighted by molar-refractivity contribution is 7.91. The molecule has 0 bridgehead atoms. The third-order valence-corrected chi connectivity index (χ3v) is 6.87. The molecular weight excluding hydrogens is 354 g/mol. The lowest BCUT2D eigenvalue weighted by Crippen LogP contribution is -2.45. The van der Waals surface area contributed by atoms with Crippen molar-refractivity contribution in [1.29, 1.82) is 0 Å². The van der Waals surface area contributed by atoms with E-state index in [-0.39, 0.29) is 23.5 Å². The van der Waals surface area contributed by atoms with Gasteiger partial charge in [0, 0.05) is 44.8 Å². The SMILES string of the molecule is CCN(C(=O)c1cc(N2CCN(C)CC2)nc(C)n1)C1CCS(=O)(=O)C1. The van der Waals surface area contributed by atoms with E-state index in [1.54, 1.807) is 17.9 Å². The molecule has 0 saturated carbocycles. The molecule has 0 aliphatic carbocycles. The highest BCUT2D eigenvalue weighted by Crippen LogP contribution is 2.21. The number of sulfone groups is 1. The van der Waals surface area contributed by atoms with Gasteiger partial charge in [-0.3, -0.25) is 4.79 Å². The van der Waals surface area contributed by atoms with Crippen LogP contribution in [0.25, 0.3) is 0 Å². The predicted molar refractivity (Wildman–Crippen MR) is 100 cm³/mol. The summed E-state index contributed by atoms with van der Waals surface area (Å²) in [7, 11) is -0.955. The maximum Gasteiger partial charge on any atom is 0.272 e. The molecule has 1 atom stereocenters. The number of carbonyl (C=O) groups is 1. The molecule has 2 saturated heterocycles. The van der Waals surface area contributed by atoms with Gasteiger partial charge in [0.1, 0.15) is 17.3 Å². The number of aryl methyl sites for hydroxylation is 1. The summed E-state index contributed by atoms with van der Waals surface area (Å²) < 4.78 is 23.6. The van der Waals surface area contributed by atoms with Gasteiger partial charge in [-0.2, -0.15) is 0 Å². The molecule has 1 aromatic heterocycles. The van der Waals surface area contributed by atoms with Crippen LogP contribution in [0.2, 0.25) is 0 Å². The Hall–Kier alpha value is -1.74. The Balaban J connectivity index is 1.82. The van der Waals surface area contributed by atoms with Gasteiger partial charge < -0.3 is 14.7 Å². The molecule has 144 valence electrons. The standard InChI is InChI=1S/C17H27N5O3S/c1-4-22(14-5-10-26(24,25)12-14)17(23)15-11-16(19-13(2)18-15)21-8-6-20(3)7-9-21/h11,14H,4-10,12H2,1-3H3. The van der Waals surface area contributed by atoms with E-state index in [4.69, 9.17) is 0 Å². The van der Waals surface area contributed by atoms with Crippen LogP contribution >= 0.6 is 0 Å². The molecule has 0 aromatic carbocycles. The number of hydrogen-bond acceptors (Lipinski definition) is 7. The maximum absolute atomic E-state index is 13.0. The molecule has 0 spiro atoms. The second-order valence-corrected chi connectivity index (χ2v) is 9.33. The molecule has 1 aromatic rings. The molecule has 9 heteroatoms. The van der Waals surface area contributed by atoms with Crippen LogP contribution in [0.4, 0.5) is 5.82 Å². The van der Waals surface area contributed by atoms with Crippen molar-refractivity contribution >= 4 is 21.6 Å². The molecule has 2 aliphatic rings. The lowest BCUT2D eigenvalue weighted by molar-refractivity contribution is 0.0702. The van der Waals surface area contributed by atoms with Crippen molar-refractivity contribution in [2.24, 2.45) is 0 Å². The molecule has 3 heterocycles. The topological polar surface area (TPSA) is 86.7 Å². The monoisotopic (exact) mass is 381 g/mol. The van der Waals surface area contributed by atoms with Crippen molar-refractivity contribution < 1.29 is 13.2 Å². The van der Waals surface area contributed by atoms with Crippen LogP contribution in [0.15, 0.2) is 6.07 Å². The summed E-state index contributed by atoms with van der Waals surface area (Å²) in [6, 6.07) is 1.48. The minimum Gasteiger partial charge on any atom is -0.354 e. The average Bonchev–Trinajstić information content (AvgIpc) is 2.95. The number of hydrogen-bond donors (Lipinski definition) is 0. The fourth-order valence-electron chi connectivity index (χ4n) is 3.59. The van der Waals surface area contributed by atoms with E-state index in [0.29, 0.717) is 24.5 Å². The Morgan fingerprint density at radius 2 is 1.96 bits per heavy atom. The van der Waals surface area contributed by atoms with E-state index in [1.807, 2.05) is 6.92 Å². The average molecular weight is 382 g/mol. The normalized spacial score (nSPS) is 23.2. The third kappa shape index (κ3) is 4.15. The zero-order valence-corrected chi connectivity index (χ0v) is 16.5. The molecule has 2 fully saturated rings. The van der Waals surface area contributed by atoms with Gasteiger partial charge in [0.15, 0.2) is 9.84 Å². The van der Waals surface area contributed by atoms with Crippen LogP contribution in [-0.2, 0) is 9.84 Å². The lowest BCUT2D eigenvalue weighted by atomic mass is 10.2. The van der Waals surface area contributed by atoms with E-state index in [0.717, 1.165) is 32.0 Å². The van der Waals surface area contributed by atoms with Crippen molar-refractivity contribution in [3.63, 3.8) is 0 Å². The van der Waals surface area contributed by atoms with E-state index in [1.165, 1.54) is 0 Å². The first kappa shape index (κ1) is 19.0. The maximum atomic E-state index is 13.0. The van der Waals surface area contributed by atoms with Crippen molar-refractivity contribution in [3.05, 3.63) is 17.6 Å². The molecule has 2 aliphatic heterocycles. The third-order valence-electron chi connectivity index (χ3n) is 5.12. The zero-order chi connectivity index (χ0) is 18.9. The Kier molecular flexibility index (Phi) is 5.47. The molecule has 1 amide bonds. The molecule has 1 unspecified atom stereocenters. The quantitative estimate of drug-likeness (QED) is 0.736. The van der Waals surface area contributed by atoms with Crippen molar-refractivity contribution in [2.75, 3.05) is 56.2 Å². The zero-order valence-electron chi connectivity index (χ0n) is 15.7. The van der Waals surface area contributed by atoms with Crippen LogP contribution in [-0.4, -0.2) is 91.4 Å². The number of rotatable bonds is 4. The molecule has 0 radical (unpaired) electrons. The number of nitrogens with zero attached hydrogens (tertiary/aromatic N) is 5. The molecule has 0 N–H and O–H groups in total. The smallest absolute Gasteiger partial charge is 0.272 e. The summed E-state index contributed by atoms with van der Waals surface area (Å²) in [4.78, 5) is 27.9. The summed E-state index contributed by atoms with van der Waals surface area (Å²) in [6.07, 6.45) is 0.497. The van der Waals surface area contributed by atoms with Gasteiger partial charge >= 0.3 is 0 Å². The van der Waals surface area contributed by atoms with Crippen molar-refractivity contribution in [3.8, 4) is 0 Å². The number of anilines is 1. The van der Waals surface area contributed by atoms with Crippen LogP contribution in [0.1, 0.15) is 29.7 Å². The first-order valence-electron chi connectivity index (χ1n) is 9.09. The van der Waals surface area contributed by atoms with Crippen molar-refractivity contribution in [2.45, 2.75) is 26.3 Å². The number of carbonyl (C=O) groups excluding carboxylic acids is 1. The number of aromatic nitrogens is 2. The fourth-order valence-corrected chi connectivity index (χ4v) is 5.33. The minimum atomic E-state index is -3.04. The fraction of sp³-hybridized carbons (Fsp3) is 0.706. The second kappa shape index (κ2) is 7.48. The lowest BCUT2D eigenvalue weighted by Gasteiger charge is -2.33. The summed E-state index contributed by atoms with van der Waals surface area (Å²) >= 11 is 0. The van der Waals surface area contributed by atoms with Crippen LogP contribution in [0, 0.1) is 6.92 Å². The largest absolute Gasteiger partial charge is 0.354 e. The highest BCUT2D eigenvalue weighted by Gasteiger charge is 2.35. The Labute approximate surface area is 155 Å². The highest BCUT2D eigenvalue weighted by atomic mass is 32.2. The number of amides is 1. The van der Waals surface area contributed by atoms with Gasteiger partial charge in [-0.15, -0.1) is 0 Å². The second-order valence-electron chi connectivity index (χ2n) is 7.10. The minimum absolute atomic E-state index is 0.0436. The predicted octanol–water partition coefficient (Wildman–Crippen LogP) is 0.186. The van der Waals surface area contributed by atoms with Crippen LogP contribution in [0.3, 0.4) is 0 Å². The van der Waals surface area contributed by atoms with E-state index >= 15 is 0 Å². The summed E-state index contributed by atoms with van der Waals surface area (Å²) in [5.41, 5.74) is 0.345. The first-order valence-corrected chi connectivity index (χ1v) is 10.9. The van der Waals surface area contributed by atoms with Gasteiger partial charge in [0.2, 0.25) is 0 Å². The number of piperazine rings is 1. The van der Waals surface area contributed by atoms with Gasteiger partial charge in [0.05, 0.1) is 11.5 Å². The Morgan fingerprint density at radius 1 is 1.27 bits per heavy atom. The first-order chi connectivity index (χ1) is 12.3. The van der Waals surface area contributed by atoms with E-state index < -0.39 is 9.84 Å². The van der Waals surface area contributed by atoms with E-state index in [9.17, 15) is 13.2 Å². The molecule has 26 heavy (non-hydrogen) atoms. The number of likely N-dealkylation sites (N-methyl/N-ethyl adjacent to an activating group) is 1. The van der Waals surface area contributed by atoms with Gasteiger partial charge in [-0.05, 0) is 27.3 Å². The van der Waals surface area contributed by atoms with Crippen LogP contribution in [0.5, 0.6) is 0 Å². The summed E-state index contributed by atoms with van der Waals surface area (Å²) in [6.45, 7) is 7.75. The van der Waals surface area contributed by atoms with Gasteiger partial charge in [0.25, 0.3) is 5.91 Å². The van der Waals surface area contributed by atoms with Crippen LogP contribution < -0.4 is 4.90 Å².